The Balaban J connectivity index is 1.46. The molecule has 246 valence electrons. The Morgan fingerprint density at radius 3 is 2.22 bits per heavy atom. The molecule has 2 aromatic carbocycles. The van der Waals surface area contributed by atoms with Gasteiger partial charge in [-0.05, 0) is 94.7 Å². The van der Waals surface area contributed by atoms with E-state index in [9.17, 15) is 41.0 Å². The summed E-state index contributed by atoms with van der Waals surface area (Å²) in [7, 11) is 0. The minimum Gasteiger partial charge on any atom is -0.493 e. The number of hydrogen-bond acceptors (Lipinski definition) is 5. The van der Waals surface area contributed by atoms with Crippen molar-refractivity contribution in [1.29, 1.82) is 0 Å². The number of carbonyl (C=O) groups excluding carboxylic acids is 2. The topological polar surface area (TPSA) is 88.1 Å². The zero-order chi connectivity index (χ0) is 33.4. The molecule has 4 rings (SSSR count). The van der Waals surface area contributed by atoms with Gasteiger partial charge in [-0.15, -0.1) is 0 Å². The predicted octanol–water partition coefficient (Wildman–Crippen LogP) is 6.93. The van der Waals surface area contributed by atoms with Crippen LogP contribution in [0.3, 0.4) is 0 Å². The van der Waals surface area contributed by atoms with Gasteiger partial charge in [0.05, 0.1) is 12.7 Å². The number of unbranched alkanes of at least 4 members (excludes halogenated alkanes) is 1. The molecule has 1 aliphatic carbocycles. The van der Waals surface area contributed by atoms with Gasteiger partial charge in [0, 0.05) is 17.7 Å². The molecule has 13 heteroatoms. The molecular weight excluding hydrogens is 606 g/mol. The Morgan fingerprint density at radius 2 is 1.64 bits per heavy atom. The van der Waals surface area contributed by atoms with Crippen molar-refractivity contribution < 1.29 is 50.5 Å². The predicted molar refractivity (Wildman–Crippen MR) is 154 cm³/mol. The molecule has 0 radical (unpaired) electrons. The van der Waals surface area contributed by atoms with Crippen molar-refractivity contribution in [3.05, 3.63) is 64.2 Å². The van der Waals surface area contributed by atoms with Crippen molar-refractivity contribution in [3.63, 3.8) is 0 Å². The lowest BCUT2D eigenvalue weighted by atomic mass is 9.84. The molecule has 1 aliphatic heterocycles. The van der Waals surface area contributed by atoms with Crippen LogP contribution in [0, 0.1) is 0 Å². The minimum atomic E-state index is -6.00. The maximum atomic E-state index is 13.8. The van der Waals surface area contributed by atoms with Crippen molar-refractivity contribution in [2.45, 2.75) is 89.4 Å². The first-order valence-corrected chi connectivity index (χ1v) is 14.7. The summed E-state index contributed by atoms with van der Waals surface area (Å²) >= 11 is 0. The fourth-order valence-electron chi connectivity index (χ4n) is 5.82. The molecule has 3 amide bonds. The summed E-state index contributed by atoms with van der Waals surface area (Å²) in [6.07, 6.45) is -8.19. The van der Waals surface area contributed by atoms with Crippen molar-refractivity contribution in [2.24, 2.45) is 0 Å². The molecule has 1 fully saturated rings. The molecule has 2 N–H and O–H groups in total. The number of benzene rings is 2. The Labute approximate surface area is 257 Å². The van der Waals surface area contributed by atoms with E-state index in [0.29, 0.717) is 36.6 Å². The van der Waals surface area contributed by atoms with Gasteiger partial charge in [-0.1, -0.05) is 24.3 Å². The number of aliphatic hydroxyl groups is 1. The summed E-state index contributed by atoms with van der Waals surface area (Å²) in [6, 6.07) is 7.01. The third kappa shape index (κ3) is 6.36. The number of rotatable bonds is 11. The third-order valence-corrected chi connectivity index (χ3v) is 8.04. The first-order chi connectivity index (χ1) is 21.0. The summed E-state index contributed by atoms with van der Waals surface area (Å²) in [5, 5.41) is 12.9. The first-order valence-electron chi connectivity index (χ1n) is 14.7. The third-order valence-electron chi connectivity index (χ3n) is 8.04. The number of halogens is 6. The van der Waals surface area contributed by atoms with Crippen LogP contribution in [0.1, 0.15) is 74.8 Å². The number of amides is 3. The number of ether oxygens (including phenoxy) is 2. The van der Waals surface area contributed by atoms with Crippen LogP contribution in [0.2, 0.25) is 0 Å². The molecule has 0 bridgehead atoms. The summed E-state index contributed by atoms with van der Waals surface area (Å²) < 4.78 is 94.1. The molecule has 0 aromatic heterocycles. The quantitative estimate of drug-likeness (QED) is 0.158. The highest BCUT2D eigenvalue weighted by molar-refractivity contribution is 6.07. The van der Waals surface area contributed by atoms with E-state index in [1.807, 2.05) is 13.8 Å². The molecule has 45 heavy (non-hydrogen) atoms. The van der Waals surface area contributed by atoms with Gasteiger partial charge in [-0.2, -0.15) is 26.3 Å². The second-order valence-electron chi connectivity index (χ2n) is 11.6. The molecule has 0 saturated carbocycles. The Morgan fingerprint density at radius 1 is 1.02 bits per heavy atom. The van der Waals surface area contributed by atoms with Crippen molar-refractivity contribution >= 4 is 18.0 Å². The average molecular weight is 643 g/mol. The van der Waals surface area contributed by atoms with E-state index in [4.69, 9.17) is 9.47 Å². The second-order valence-corrected chi connectivity index (χ2v) is 11.6. The van der Waals surface area contributed by atoms with E-state index in [-0.39, 0.29) is 54.5 Å². The van der Waals surface area contributed by atoms with Crippen LogP contribution in [-0.2, 0) is 28.8 Å². The number of urea groups is 1. The lowest BCUT2D eigenvalue weighted by molar-refractivity contribution is -0.376. The smallest absolute Gasteiger partial charge is 0.430 e. The van der Waals surface area contributed by atoms with Gasteiger partial charge in [0.25, 0.3) is 11.5 Å². The molecular formula is C32H36F6N2O5. The molecule has 1 atom stereocenters. The number of hydrogen-bond donors (Lipinski definition) is 2. The van der Waals surface area contributed by atoms with Crippen LogP contribution in [0.15, 0.2) is 36.4 Å². The molecule has 7 nitrogen and oxygen atoms in total. The van der Waals surface area contributed by atoms with Gasteiger partial charge in [-0.25, -0.2) is 4.79 Å². The molecule has 1 unspecified atom stereocenters. The van der Waals surface area contributed by atoms with E-state index in [2.05, 4.69) is 5.32 Å². The lowest BCUT2D eigenvalue weighted by Gasteiger charge is -2.34. The zero-order valence-corrected chi connectivity index (χ0v) is 25.4. The standard InChI is InChI=1S/C32H36F6N2O5/c1-5-9-20-18-25(30(43,31(33,34)35)32(36,37)38)23-10-8-11-24(23)26(20)44-17-7-6-16-40-27(41)29(4,39-28(40)42)21-12-14-22(15-13-21)45-19(2)3/h5,9,12-15,18-19,43H,6-8,10-11,16-17H2,1-4H3,(H,39,42). The monoisotopic (exact) mass is 642 g/mol. The highest BCUT2D eigenvalue weighted by atomic mass is 19.4. The summed E-state index contributed by atoms with van der Waals surface area (Å²) in [4.78, 5) is 27.1. The maximum Gasteiger partial charge on any atom is 0.430 e. The van der Waals surface area contributed by atoms with Crippen molar-refractivity contribution in [3.8, 4) is 11.5 Å². The number of carbonyl (C=O) groups is 2. The number of nitrogens with zero attached hydrogens (tertiary/aromatic N) is 1. The van der Waals surface area contributed by atoms with Gasteiger partial charge in [-0.3, -0.25) is 9.69 Å². The summed E-state index contributed by atoms with van der Waals surface area (Å²) in [6.45, 7) is 7.03. The van der Waals surface area contributed by atoms with E-state index < -0.39 is 41.0 Å². The fourth-order valence-corrected chi connectivity index (χ4v) is 5.82. The molecule has 1 heterocycles. The number of nitrogens with one attached hydrogen (secondary N) is 1. The van der Waals surface area contributed by atoms with Crippen LogP contribution in [-0.4, -0.2) is 53.6 Å². The second kappa shape index (κ2) is 12.6. The number of alkyl halides is 6. The Kier molecular flexibility index (Phi) is 9.54. The SMILES string of the molecule is CC=Cc1cc(C(O)(C(F)(F)F)C(F)(F)F)c2c(c1OCCCCN1C(=O)NC(C)(c3ccc(OC(C)C)cc3)C1=O)CCC2. The Hall–Kier alpha value is -3.74. The normalized spacial score (nSPS) is 19.1. The van der Waals surface area contributed by atoms with Gasteiger partial charge >= 0.3 is 18.4 Å². The van der Waals surface area contributed by atoms with E-state index in [1.54, 1.807) is 38.1 Å². The van der Waals surface area contributed by atoms with Gasteiger partial charge in [0.2, 0.25) is 0 Å². The van der Waals surface area contributed by atoms with E-state index in [1.165, 1.54) is 12.2 Å². The number of imide groups is 1. The molecule has 0 spiro atoms. The van der Waals surface area contributed by atoms with Crippen LogP contribution in [0.25, 0.3) is 6.08 Å². The van der Waals surface area contributed by atoms with Crippen LogP contribution < -0.4 is 14.8 Å². The zero-order valence-electron chi connectivity index (χ0n) is 25.4. The summed E-state index contributed by atoms with van der Waals surface area (Å²) in [5.41, 5.74) is -7.01. The molecule has 2 aromatic rings. The van der Waals surface area contributed by atoms with Crippen molar-refractivity contribution in [1.82, 2.24) is 10.2 Å². The van der Waals surface area contributed by atoms with Crippen molar-refractivity contribution in [2.75, 3.05) is 13.2 Å². The number of fused-ring (bicyclic) bond motifs is 1. The molecule has 1 saturated heterocycles. The van der Waals surface area contributed by atoms with E-state index >= 15 is 0 Å². The summed E-state index contributed by atoms with van der Waals surface area (Å²) in [5.74, 6) is 0.347. The van der Waals surface area contributed by atoms with Gasteiger partial charge in [0.1, 0.15) is 17.0 Å². The van der Waals surface area contributed by atoms with Crippen LogP contribution in [0.5, 0.6) is 11.5 Å². The lowest BCUT2D eigenvalue weighted by Crippen LogP contribution is -2.54. The minimum absolute atomic E-state index is 0.0187. The van der Waals surface area contributed by atoms with Gasteiger partial charge in [0.15, 0.2) is 0 Å². The highest BCUT2D eigenvalue weighted by Gasteiger charge is 2.72. The number of allylic oxidation sites excluding steroid dienone is 1. The molecule has 2 aliphatic rings. The average Bonchev–Trinajstić information content (AvgIpc) is 3.51. The Bertz CT molecular complexity index is 1440. The first kappa shape index (κ1) is 34.1. The largest absolute Gasteiger partial charge is 0.493 e. The maximum absolute atomic E-state index is 13.8. The highest BCUT2D eigenvalue weighted by Crippen LogP contribution is 2.53. The van der Waals surface area contributed by atoms with Crippen LogP contribution >= 0.6 is 0 Å². The van der Waals surface area contributed by atoms with Crippen LogP contribution in [0.4, 0.5) is 31.1 Å². The fraction of sp³-hybridized carbons (Fsp3) is 0.500. The van der Waals surface area contributed by atoms with Gasteiger partial charge < -0.3 is 19.9 Å². The van der Waals surface area contributed by atoms with E-state index in [0.717, 1.165) is 4.90 Å².